The van der Waals surface area contributed by atoms with Crippen LogP contribution in [0.1, 0.15) is 25.0 Å². The zero-order chi connectivity index (χ0) is 22.5. The maximum atomic E-state index is 13.0. The third-order valence-corrected chi connectivity index (χ3v) is 6.42. The van der Waals surface area contributed by atoms with E-state index in [-0.39, 0.29) is 10.6 Å². The van der Waals surface area contributed by atoms with Crippen LogP contribution in [0.5, 0.6) is 5.75 Å². The Morgan fingerprint density at radius 3 is 2.33 bits per heavy atom. The molecule has 6 nitrogen and oxygen atoms in total. The predicted molar refractivity (Wildman–Crippen MR) is 107 cm³/mol. The number of sulfonamides is 1. The number of nitrogens with zero attached hydrogens (tertiary/aromatic N) is 1. The van der Waals surface area contributed by atoms with E-state index in [0.29, 0.717) is 18.7 Å². The molecule has 0 radical (unpaired) electrons. The quantitative estimate of drug-likeness (QED) is 0.666. The van der Waals surface area contributed by atoms with Crippen molar-refractivity contribution in [2.24, 2.45) is 0 Å². The highest BCUT2D eigenvalue weighted by Gasteiger charge is 2.34. The first kappa shape index (κ1) is 23.7. The fourth-order valence-electron chi connectivity index (χ4n) is 2.77. The molecule has 0 heterocycles. The highest BCUT2D eigenvalue weighted by atomic mass is 32.2. The van der Waals surface area contributed by atoms with Crippen LogP contribution in [0.3, 0.4) is 0 Å². The molecule has 0 unspecified atom stereocenters. The van der Waals surface area contributed by atoms with Crippen molar-refractivity contribution < 1.29 is 31.1 Å². The Hall–Kier alpha value is -2.59. The van der Waals surface area contributed by atoms with E-state index in [0.717, 1.165) is 12.1 Å². The van der Waals surface area contributed by atoms with E-state index in [4.69, 9.17) is 4.74 Å². The summed E-state index contributed by atoms with van der Waals surface area (Å²) in [6.07, 6.45) is -4.61. The van der Waals surface area contributed by atoms with E-state index in [1.807, 2.05) is 0 Å². The Labute approximate surface area is 173 Å². The van der Waals surface area contributed by atoms with Gasteiger partial charge in [0.1, 0.15) is 5.75 Å². The standard InChI is InChI=1S/C20H23F3N2O4S/c1-4-25(5-2)30(27,28)15-11-10-14(3)17(12-15)24-19(26)13-29-18-9-7-6-8-16(18)20(21,22)23/h6-12H,4-5,13H2,1-3H3,(H,24,26). The van der Waals surface area contributed by atoms with Crippen molar-refractivity contribution in [1.82, 2.24) is 4.31 Å². The number of alkyl halides is 3. The number of hydrogen-bond donors (Lipinski definition) is 1. The highest BCUT2D eigenvalue weighted by Crippen LogP contribution is 2.35. The fourth-order valence-corrected chi connectivity index (χ4v) is 4.25. The molecule has 0 aromatic heterocycles. The first-order chi connectivity index (χ1) is 14.0. The lowest BCUT2D eigenvalue weighted by Crippen LogP contribution is -2.30. The van der Waals surface area contributed by atoms with E-state index >= 15 is 0 Å². The number of nitrogens with one attached hydrogen (secondary N) is 1. The number of hydrogen-bond acceptors (Lipinski definition) is 4. The molecule has 0 atom stereocenters. The summed E-state index contributed by atoms with van der Waals surface area (Å²) in [5, 5.41) is 2.50. The average Bonchev–Trinajstić information content (AvgIpc) is 2.68. The topological polar surface area (TPSA) is 75.7 Å². The Morgan fingerprint density at radius 2 is 1.73 bits per heavy atom. The number of halogens is 3. The zero-order valence-corrected chi connectivity index (χ0v) is 17.6. The molecule has 0 saturated heterocycles. The molecule has 0 aliphatic heterocycles. The van der Waals surface area contributed by atoms with Gasteiger partial charge in [-0.15, -0.1) is 0 Å². The monoisotopic (exact) mass is 444 g/mol. The van der Waals surface area contributed by atoms with Crippen molar-refractivity contribution >= 4 is 21.6 Å². The van der Waals surface area contributed by atoms with Crippen LogP contribution in [0.4, 0.5) is 18.9 Å². The van der Waals surface area contributed by atoms with Crippen molar-refractivity contribution in [3.05, 3.63) is 53.6 Å². The van der Waals surface area contributed by atoms with Crippen LogP contribution in [0.2, 0.25) is 0 Å². The molecule has 0 bridgehead atoms. The summed E-state index contributed by atoms with van der Waals surface area (Å²) in [6.45, 7) is 5.02. The Kier molecular flexibility index (Phi) is 7.49. The van der Waals surface area contributed by atoms with Crippen molar-refractivity contribution in [1.29, 1.82) is 0 Å². The van der Waals surface area contributed by atoms with Crippen molar-refractivity contribution in [2.45, 2.75) is 31.8 Å². The minimum Gasteiger partial charge on any atom is -0.483 e. The van der Waals surface area contributed by atoms with Crippen molar-refractivity contribution in [2.75, 3.05) is 25.0 Å². The van der Waals surface area contributed by atoms with E-state index in [2.05, 4.69) is 5.32 Å². The summed E-state index contributed by atoms with van der Waals surface area (Å²) in [5.41, 5.74) is -0.153. The summed E-state index contributed by atoms with van der Waals surface area (Å²) in [7, 11) is -3.73. The van der Waals surface area contributed by atoms with Gasteiger partial charge in [0.05, 0.1) is 10.5 Å². The van der Waals surface area contributed by atoms with Crippen LogP contribution in [0, 0.1) is 6.92 Å². The smallest absolute Gasteiger partial charge is 0.419 e. The minimum atomic E-state index is -4.61. The number of anilines is 1. The summed E-state index contributed by atoms with van der Waals surface area (Å²) < 4.78 is 70.7. The second-order valence-corrected chi connectivity index (χ2v) is 8.33. The van der Waals surface area contributed by atoms with E-state index < -0.39 is 40.0 Å². The second-order valence-electron chi connectivity index (χ2n) is 6.40. The lowest BCUT2D eigenvalue weighted by atomic mass is 10.2. The van der Waals surface area contributed by atoms with Gasteiger partial charge in [-0.2, -0.15) is 17.5 Å². The molecular formula is C20H23F3N2O4S. The summed E-state index contributed by atoms with van der Waals surface area (Å²) in [5.74, 6) is -1.18. The van der Waals surface area contributed by atoms with Crippen LogP contribution < -0.4 is 10.1 Å². The van der Waals surface area contributed by atoms with Gasteiger partial charge in [0.25, 0.3) is 5.91 Å². The van der Waals surface area contributed by atoms with Gasteiger partial charge in [-0.25, -0.2) is 8.42 Å². The number of ether oxygens (including phenoxy) is 1. The van der Waals surface area contributed by atoms with Gasteiger partial charge < -0.3 is 10.1 Å². The molecule has 0 aliphatic rings. The number of para-hydroxylation sites is 1. The van der Waals surface area contributed by atoms with E-state index in [9.17, 15) is 26.4 Å². The Morgan fingerprint density at radius 1 is 1.10 bits per heavy atom. The van der Waals surface area contributed by atoms with Crippen LogP contribution in [0.15, 0.2) is 47.4 Å². The summed E-state index contributed by atoms with van der Waals surface area (Å²) >= 11 is 0. The molecule has 0 fully saturated rings. The Bertz CT molecular complexity index is 1000. The van der Waals surface area contributed by atoms with Crippen LogP contribution in [-0.4, -0.2) is 38.3 Å². The predicted octanol–water partition coefficient (Wildman–Crippen LogP) is 4.06. The molecule has 2 aromatic carbocycles. The van der Waals surface area contributed by atoms with Gasteiger partial charge in [0, 0.05) is 18.8 Å². The average molecular weight is 444 g/mol. The molecule has 0 saturated carbocycles. The highest BCUT2D eigenvalue weighted by molar-refractivity contribution is 7.89. The summed E-state index contributed by atoms with van der Waals surface area (Å²) in [6, 6.07) is 8.89. The van der Waals surface area contributed by atoms with Gasteiger partial charge in [0.15, 0.2) is 6.61 Å². The van der Waals surface area contributed by atoms with Crippen LogP contribution >= 0.6 is 0 Å². The maximum Gasteiger partial charge on any atom is 0.419 e. The van der Waals surface area contributed by atoms with E-state index in [1.165, 1.54) is 28.6 Å². The maximum absolute atomic E-state index is 13.0. The number of aryl methyl sites for hydroxylation is 1. The molecule has 1 amide bonds. The molecule has 10 heteroatoms. The normalized spacial score (nSPS) is 12.1. The van der Waals surface area contributed by atoms with Crippen LogP contribution in [-0.2, 0) is 21.0 Å². The van der Waals surface area contributed by atoms with Crippen molar-refractivity contribution in [3.8, 4) is 5.75 Å². The molecule has 0 spiro atoms. The van der Waals surface area contributed by atoms with Gasteiger partial charge in [-0.3, -0.25) is 4.79 Å². The number of carbonyl (C=O) groups excluding carboxylic acids is 1. The van der Waals surface area contributed by atoms with Gasteiger partial charge in [0.2, 0.25) is 10.0 Å². The van der Waals surface area contributed by atoms with Crippen LogP contribution in [0.25, 0.3) is 0 Å². The third kappa shape index (κ3) is 5.51. The number of amides is 1. The van der Waals surface area contributed by atoms with Gasteiger partial charge in [-0.05, 0) is 36.8 Å². The summed E-state index contributed by atoms with van der Waals surface area (Å²) in [4.78, 5) is 12.2. The largest absolute Gasteiger partial charge is 0.483 e. The second kappa shape index (κ2) is 9.48. The number of benzene rings is 2. The number of carbonyl (C=O) groups is 1. The first-order valence-electron chi connectivity index (χ1n) is 9.20. The molecule has 2 aromatic rings. The molecular weight excluding hydrogens is 421 g/mol. The Balaban J connectivity index is 2.17. The molecule has 2 rings (SSSR count). The third-order valence-electron chi connectivity index (χ3n) is 4.38. The zero-order valence-electron chi connectivity index (χ0n) is 16.8. The minimum absolute atomic E-state index is 0.00966. The van der Waals surface area contributed by atoms with Gasteiger partial charge in [-0.1, -0.05) is 32.0 Å². The molecule has 0 aliphatic carbocycles. The van der Waals surface area contributed by atoms with Gasteiger partial charge >= 0.3 is 6.18 Å². The van der Waals surface area contributed by atoms with E-state index in [1.54, 1.807) is 26.8 Å². The van der Waals surface area contributed by atoms with Crippen molar-refractivity contribution in [3.63, 3.8) is 0 Å². The molecule has 1 N–H and O–H groups in total. The SMILES string of the molecule is CCN(CC)S(=O)(=O)c1ccc(C)c(NC(=O)COc2ccccc2C(F)(F)F)c1. The lowest BCUT2D eigenvalue weighted by molar-refractivity contribution is -0.139. The lowest BCUT2D eigenvalue weighted by Gasteiger charge is -2.19. The molecule has 30 heavy (non-hydrogen) atoms. The fraction of sp³-hybridized carbons (Fsp3) is 0.350. The first-order valence-corrected chi connectivity index (χ1v) is 10.6. The molecule has 164 valence electrons. The number of rotatable bonds is 8.